The molecule has 38 atom stereocenters. The molecular weight excluding hydrogens is 1330 g/mol. The predicted octanol–water partition coefficient (Wildman–Crippen LogP) is 2.91. The number of carbonyl (C=O) groups is 2. The summed E-state index contributed by atoms with van der Waals surface area (Å²) in [7, 11) is 6.60. The molecule has 28 nitrogen and oxygen atoms in total. The molecule has 6 aliphatic heterocycles. The number of carbonyl (C=O) groups excluding carboxylic acids is 2. The van der Waals surface area contributed by atoms with Crippen LogP contribution in [0.4, 0.5) is 0 Å². The molecule has 6 fully saturated rings. The van der Waals surface area contributed by atoms with Crippen LogP contribution in [0, 0.1) is 47.3 Å². The maximum atomic E-state index is 14.6. The van der Waals surface area contributed by atoms with Crippen LogP contribution in [0.1, 0.15) is 190 Å². The SMILES string of the molecule is CC[C@H]1OC(=O)[C@H](C)[C@@H](OC2CC(C)(OC)C(O)C(C)O2)[C@H](C)[C@@H](OC2OC(C)CC(N(C)CCN(C)C3CC(C)OC(O[C@@H]4[C@@H](C)[C@H](OC5CC(C)(OC)C(O)C(C)O5)[C@@H](C)C(=O)O[C@H](CC)[C@@](C)(O)[C@H](O)[C@@H](C)[C@@H](O)[C@H](C)C[C@]4(C)O)C3O)C2O)[C@@](C)(O)C[C@@H](C)[C@H](O)[C@H](C)[C@@H](O)[C@]1(C)O. The van der Waals surface area contributed by atoms with E-state index in [1.807, 2.05) is 37.7 Å². The summed E-state index contributed by atoms with van der Waals surface area (Å²) < 4.78 is 76.8. The summed E-state index contributed by atoms with van der Waals surface area (Å²) in [5.74, 6) is -9.48. The summed E-state index contributed by atoms with van der Waals surface area (Å²) in [5, 5.41) is 145. The van der Waals surface area contributed by atoms with Gasteiger partial charge in [-0.05, 0) is 148 Å². The van der Waals surface area contributed by atoms with Crippen molar-refractivity contribution in [1.29, 1.82) is 0 Å². The zero-order chi connectivity index (χ0) is 77.3. The van der Waals surface area contributed by atoms with Crippen molar-refractivity contribution in [3.05, 3.63) is 0 Å². The molecule has 102 heavy (non-hydrogen) atoms. The van der Waals surface area contributed by atoms with E-state index in [4.69, 9.17) is 56.8 Å². The number of nitrogens with zero attached hydrogens (tertiary/aromatic N) is 2. The van der Waals surface area contributed by atoms with Crippen LogP contribution < -0.4 is 0 Å². The lowest BCUT2D eigenvalue weighted by atomic mass is 9.73. The van der Waals surface area contributed by atoms with Gasteiger partial charge in [-0.15, -0.1) is 0 Å². The van der Waals surface area contributed by atoms with Crippen LogP contribution in [0.25, 0.3) is 0 Å². The van der Waals surface area contributed by atoms with E-state index in [-0.39, 0.29) is 38.5 Å². The fourth-order valence-corrected chi connectivity index (χ4v) is 17.7. The van der Waals surface area contributed by atoms with Gasteiger partial charge in [0.15, 0.2) is 25.2 Å². The predicted molar refractivity (Wildman–Crippen MR) is 372 cm³/mol. The van der Waals surface area contributed by atoms with Gasteiger partial charge < -0.3 is 118 Å². The monoisotopic (exact) mass is 1470 g/mol. The molecule has 16 unspecified atom stereocenters. The molecule has 6 heterocycles. The highest BCUT2D eigenvalue weighted by Crippen LogP contribution is 2.45. The Morgan fingerprint density at radius 3 is 1.05 bits per heavy atom. The normalized spacial score (nSPS) is 51.4. The van der Waals surface area contributed by atoms with Crippen molar-refractivity contribution >= 4 is 11.9 Å². The molecule has 0 aromatic heterocycles. The highest BCUT2D eigenvalue weighted by Gasteiger charge is 2.57. The molecule has 0 aromatic rings. The van der Waals surface area contributed by atoms with E-state index in [9.17, 15) is 70.9 Å². The molecule has 0 aliphatic carbocycles. The quantitative estimate of drug-likeness (QED) is 0.0931. The number of cyclic esters (lactones) is 2. The van der Waals surface area contributed by atoms with Crippen LogP contribution in [0.5, 0.6) is 0 Å². The smallest absolute Gasteiger partial charge is 0.311 e. The lowest BCUT2D eigenvalue weighted by molar-refractivity contribution is -0.319. The minimum Gasteiger partial charge on any atom is -0.459 e. The maximum absolute atomic E-state index is 14.6. The van der Waals surface area contributed by atoms with Crippen LogP contribution in [0.15, 0.2) is 0 Å². The molecule has 0 saturated carbocycles. The third-order valence-corrected chi connectivity index (χ3v) is 24.7. The van der Waals surface area contributed by atoms with Crippen molar-refractivity contribution in [2.24, 2.45) is 47.3 Å². The third-order valence-electron chi connectivity index (χ3n) is 24.7. The summed E-state index contributed by atoms with van der Waals surface area (Å²) in [4.78, 5) is 33.2. The van der Waals surface area contributed by atoms with Gasteiger partial charge in [-0.2, -0.15) is 0 Å². The van der Waals surface area contributed by atoms with Gasteiger partial charge in [0.1, 0.15) is 47.8 Å². The Morgan fingerprint density at radius 2 is 0.755 bits per heavy atom. The second kappa shape index (κ2) is 35.3. The number of hydrogen-bond donors (Lipinski definition) is 12. The van der Waals surface area contributed by atoms with Crippen molar-refractivity contribution in [2.45, 2.75) is 371 Å². The average Bonchev–Trinajstić information content (AvgIpc) is 0.782. The van der Waals surface area contributed by atoms with Gasteiger partial charge in [0.2, 0.25) is 0 Å². The highest BCUT2D eigenvalue weighted by molar-refractivity contribution is 5.73. The van der Waals surface area contributed by atoms with Crippen LogP contribution in [-0.2, 0) is 66.4 Å². The molecule has 28 heteroatoms. The summed E-state index contributed by atoms with van der Waals surface area (Å²) in [6, 6.07) is -1.29. The first-order valence-electron chi connectivity index (χ1n) is 37.5. The van der Waals surface area contributed by atoms with Gasteiger partial charge >= 0.3 is 11.9 Å². The standard InChI is InChI=1S/C74H136N2O26/c1-25-49-73(19,89)59(81)39(7)53(77)35(3)31-69(15,87)63(41(9)57(43(11)65(85)97-49)99-51-33-71(17,91-23)61(83)45(13)95-51)101-67-55(79)47(29-37(5)93-67)75(21)27-28-76(22)48-30-38(6)94-68(56(48)80)102-64-42(10)58(100-52-34-72(18,92-24)62(84)46(14)96-52)44(12)66(86)98-50(26-2)74(20,90)60(82)40(8)54(78)36(4)32-70(64,16)88/h35-64,67-68,77-84,87-90H,25-34H2,1-24H3/t35-,36-,37?,38?,39+,40+,41+,42+,43-,44-,45?,46?,47?,48?,49-,50-,51?,52?,53+,54+,55?,56?,57+,58+,59-,60-,61?,62?,63-,64-,67?,68?,69+,70+,71?,72?,73-,74-/m1/s1. The average molecular weight is 1470 g/mol. The van der Waals surface area contributed by atoms with E-state index in [0.717, 1.165) is 0 Å². The summed E-state index contributed by atoms with van der Waals surface area (Å²) in [6.45, 7) is 33.3. The number of rotatable bonds is 17. The van der Waals surface area contributed by atoms with Crippen molar-refractivity contribution in [3.8, 4) is 0 Å². The zero-order valence-corrected chi connectivity index (χ0v) is 65.5. The second-order valence-electron chi connectivity index (χ2n) is 33.4. The molecule has 0 aromatic carbocycles. The number of aliphatic hydroxyl groups excluding tert-OH is 8. The fourth-order valence-electron chi connectivity index (χ4n) is 17.7. The van der Waals surface area contributed by atoms with Crippen molar-refractivity contribution in [1.82, 2.24) is 9.80 Å². The number of methoxy groups -OCH3 is 2. The van der Waals surface area contributed by atoms with E-state index in [0.29, 0.717) is 25.9 Å². The number of likely N-dealkylation sites (N-methyl/N-ethyl adjacent to an activating group) is 2. The molecular formula is C74H136N2O26. The number of hydrogen-bond acceptors (Lipinski definition) is 28. The molecule has 0 bridgehead atoms. The maximum Gasteiger partial charge on any atom is 0.311 e. The topological polar surface area (TPSA) is 394 Å². The first-order valence-corrected chi connectivity index (χ1v) is 37.5. The lowest BCUT2D eigenvalue weighted by Gasteiger charge is -2.50. The zero-order valence-electron chi connectivity index (χ0n) is 65.5. The van der Waals surface area contributed by atoms with Crippen LogP contribution in [0.2, 0.25) is 0 Å². The van der Waals surface area contributed by atoms with Gasteiger partial charge in [0.05, 0.1) is 107 Å². The van der Waals surface area contributed by atoms with E-state index >= 15 is 0 Å². The Hall–Kier alpha value is -2.02. The van der Waals surface area contributed by atoms with E-state index in [1.165, 1.54) is 41.9 Å². The summed E-state index contributed by atoms with van der Waals surface area (Å²) in [6.07, 6.45) is -25.5. The number of ether oxygens (including phenoxy) is 12. The van der Waals surface area contributed by atoms with Crippen molar-refractivity contribution in [3.63, 3.8) is 0 Å². The van der Waals surface area contributed by atoms with E-state index in [2.05, 4.69) is 0 Å². The van der Waals surface area contributed by atoms with Crippen LogP contribution >= 0.6 is 0 Å². The Labute approximate surface area is 606 Å². The first kappa shape index (κ1) is 88.9. The van der Waals surface area contributed by atoms with Gasteiger partial charge in [-0.25, -0.2) is 0 Å². The molecule has 0 radical (unpaired) electrons. The van der Waals surface area contributed by atoms with Crippen LogP contribution in [-0.4, -0.2) is 305 Å². The Bertz CT molecular complexity index is 2460. The third kappa shape index (κ3) is 19.6. The van der Waals surface area contributed by atoms with E-state index < -0.39 is 240 Å². The first-order chi connectivity index (χ1) is 47.0. The largest absolute Gasteiger partial charge is 0.459 e. The Kier molecular flexibility index (Phi) is 30.8. The highest BCUT2D eigenvalue weighted by atomic mass is 16.7. The number of esters is 2. The number of aliphatic hydroxyl groups is 12. The fraction of sp³-hybridized carbons (Fsp3) is 0.973. The summed E-state index contributed by atoms with van der Waals surface area (Å²) >= 11 is 0. The van der Waals surface area contributed by atoms with Gasteiger partial charge in [0, 0.05) is 75.9 Å². The molecule has 6 aliphatic rings. The van der Waals surface area contributed by atoms with Gasteiger partial charge in [-0.3, -0.25) is 19.4 Å². The van der Waals surface area contributed by atoms with Gasteiger partial charge in [0.25, 0.3) is 0 Å². The molecule has 0 amide bonds. The van der Waals surface area contributed by atoms with Crippen molar-refractivity contribution < 1.29 is 128 Å². The molecule has 6 saturated heterocycles. The van der Waals surface area contributed by atoms with Crippen molar-refractivity contribution in [2.75, 3.05) is 41.4 Å². The minimum atomic E-state index is -2.04. The lowest BCUT2D eigenvalue weighted by Crippen LogP contribution is -2.62. The molecule has 0 spiro atoms. The molecule has 598 valence electrons. The Balaban J connectivity index is 1.30. The molecule has 12 N–H and O–H groups in total. The summed E-state index contributed by atoms with van der Waals surface area (Å²) in [5.41, 5.74) is -10.2. The van der Waals surface area contributed by atoms with Gasteiger partial charge in [-0.1, -0.05) is 55.4 Å². The van der Waals surface area contributed by atoms with Crippen LogP contribution in [0.3, 0.4) is 0 Å². The van der Waals surface area contributed by atoms with E-state index in [1.54, 1.807) is 96.9 Å². The second-order valence-corrected chi connectivity index (χ2v) is 33.4. The molecule has 6 rings (SSSR count). The minimum absolute atomic E-state index is 0.0128. The Morgan fingerprint density at radius 1 is 0.441 bits per heavy atom.